The third kappa shape index (κ3) is 4.10. The number of nitrogens with zero attached hydrogens (tertiary/aromatic N) is 2. The molecule has 2 N–H and O–H groups in total. The Morgan fingerprint density at radius 2 is 2.07 bits per heavy atom. The van der Waals surface area contributed by atoms with E-state index in [0.717, 1.165) is 33.0 Å². The summed E-state index contributed by atoms with van der Waals surface area (Å²) in [6.07, 6.45) is 2.08. The molecular formula is C22H20ClN3O2S. The van der Waals surface area contributed by atoms with Crippen molar-refractivity contribution in [1.29, 1.82) is 5.41 Å². The topological polar surface area (TPSA) is 77.3 Å². The second-order valence-corrected chi connectivity index (χ2v) is 8.60. The van der Waals surface area contributed by atoms with Gasteiger partial charge < -0.3 is 15.4 Å². The molecule has 1 amide bonds. The standard InChI is InChI=1S/C22H20ClN3O2S/c1-13(27)10-18(24)19-7-6-17(12-25-19)26-9-8-15-11-20(29-21(15)22(26)28)14-2-4-16(23)5-3-14/h2-7,11-13,24,27H,8-10H2,1H3/t13-/m1/s1. The monoisotopic (exact) mass is 425 g/mol. The van der Waals surface area contributed by atoms with Crippen LogP contribution in [0.4, 0.5) is 5.69 Å². The van der Waals surface area contributed by atoms with E-state index in [9.17, 15) is 9.90 Å². The fourth-order valence-electron chi connectivity index (χ4n) is 3.38. The molecule has 4 rings (SSSR count). The summed E-state index contributed by atoms with van der Waals surface area (Å²) in [6, 6.07) is 13.3. The highest BCUT2D eigenvalue weighted by Gasteiger charge is 2.28. The van der Waals surface area contributed by atoms with Crippen molar-refractivity contribution >= 4 is 40.2 Å². The van der Waals surface area contributed by atoms with E-state index in [1.165, 1.54) is 11.3 Å². The van der Waals surface area contributed by atoms with Gasteiger partial charge in [0.25, 0.3) is 5.91 Å². The molecule has 1 aliphatic rings. The fourth-order valence-corrected chi connectivity index (χ4v) is 4.67. The molecule has 5 nitrogen and oxygen atoms in total. The highest BCUT2D eigenvalue weighted by atomic mass is 35.5. The molecule has 3 heterocycles. The number of amides is 1. The SMILES string of the molecule is C[C@@H](O)CC(=N)c1ccc(N2CCc3cc(-c4ccc(Cl)cc4)sc3C2=O)cn1. The van der Waals surface area contributed by atoms with Gasteiger partial charge in [-0.2, -0.15) is 0 Å². The molecule has 0 saturated carbocycles. The molecule has 0 fully saturated rings. The van der Waals surface area contributed by atoms with Crippen LogP contribution < -0.4 is 4.90 Å². The number of carbonyl (C=O) groups is 1. The molecule has 0 radical (unpaired) electrons. The van der Waals surface area contributed by atoms with E-state index in [1.54, 1.807) is 24.1 Å². The molecule has 0 unspecified atom stereocenters. The van der Waals surface area contributed by atoms with Crippen LogP contribution in [0.15, 0.2) is 48.7 Å². The van der Waals surface area contributed by atoms with Gasteiger partial charge in [0.15, 0.2) is 0 Å². The lowest BCUT2D eigenvalue weighted by Gasteiger charge is -2.26. The summed E-state index contributed by atoms with van der Waals surface area (Å²) in [6.45, 7) is 2.24. The summed E-state index contributed by atoms with van der Waals surface area (Å²) in [4.78, 5) is 21.0. The van der Waals surface area contributed by atoms with Crippen molar-refractivity contribution in [3.63, 3.8) is 0 Å². The molecule has 0 aliphatic carbocycles. The highest BCUT2D eigenvalue weighted by molar-refractivity contribution is 7.17. The van der Waals surface area contributed by atoms with E-state index in [1.807, 2.05) is 30.3 Å². The predicted molar refractivity (Wildman–Crippen MR) is 118 cm³/mol. The van der Waals surface area contributed by atoms with Crippen molar-refractivity contribution < 1.29 is 9.90 Å². The van der Waals surface area contributed by atoms with E-state index in [4.69, 9.17) is 17.0 Å². The number of aliphatic hydroxyl groups excluding tert-OH is 1. The molecule has 0 saturated heterocycles. The van der Waals surface area contributed by atoms with Gasteiger partial charge in [-0.3, -0.25) is 9.78 Å². The Labute approximate surface area is 178 Å². The van der Waals surface area contributed by atoms with Crippen LogP contribution >= 0.6 is 22.9 Å². The quantitative estimate of drug-likeness (QED) is 0.576. The van der Waals surface area contributed by atoms with Crippen LogP contribution in [0.5, 0.6) is 0 Å². The number of carbonyl (C=O) groups excluding carboxylic acids is 1. The lowest BCUT2D eigenvalue weighted by Crippen LogP contribution is -2.36. The first kappa shape index (κ1) is 19.8. The number of fused-ring (bicyclic) bond motifs is 1. The zero-order valence-corrected chi connectivity index (χ0v) is 17.4. The van der Waals surface area contributed by atoms with E-state index in [2.05, 4.69) is 11.1 Å². The molecule has 0 spiro atoms. The lowest BCUT2D eigenvalue weighted by atomic mass is 10.1. The number of halogens is 1. The number of anilines is 1. The smallest absolute Gasteiger partial charge is 0.268 e. The van der Waals surface area contributed by atoms with Crippen LogP contribution in [-0.4, -0.2) is 34.4 Å². The average Bonchev–Trinajstić information content (AvgIpc) is 3.14. The maximum Gasteiger partial charge on any atom is 0.268 e. The zero-order valence-electron chi connectivity index (χ0n) is 15.9. The Bertz CT molecular complexity index is 1060. The Kier molecular flexibility index (Phi) is 5.50. The van der Waals surface area contributed by atoms with Crippen molar-refractivity contribution in [2.45, 2.75) is 25.9 Å². The molecule has 148 valence electrons. The van der Waals surface area contributed by atoms with Crippen LogP contribution in [0.2, 0.25) is 5.02 Å². The van der Waals surface area contributed by atoms with Crippen LogP contribution in [0.25, 0.3) is 10.4 Å². The van der Waals surface area contributed by atoms with Crippen molar-refractivity contribution in [2.24, 2.45) is 0 Å². The molecule has 29 heavy (non-hydrogen) atoms. The predicted octanol–water partition coefficient (Wildman–Crippen LogP) is 4.81. The number of hydrogen-bond acceptors (Lipinski definition) is 5. The van der Waals surface area contributed by atoms with Gasteiger partial charge in [-0.15, -0.1) is 11.3 Å². The third-order valence-electron chi connectivity index (χ3n) is 4.85. The maximum atomic E-state index is 13.1. The van der Waals surface area contributed by atoms with E-state index in [0.29, 0.717) is 17.3 Å². The minimum absolute atomic E-state index is 0.0231. The molecule has 3 aromatic rings. The first-order valence-corrected chi connectivity index (χ1v) is 10.5. The fraction of sp³-hybridized carbons (Fsp3) is 0.227. The van der Waals surface area contributed by atoms with Crippen LogP contribution in [0.3, 0.4) is 0 Å². The number of benzene rings is 1. The molecule has 1 aliphatic heterocycles. The van der Waals surface area contributed by atoms with Gasteiger partial charge in [-0.05, 0) is 54.8 Å². The number of nitrogens with one attached hydrogen (secondary N) is 1. The van der Waals surface area contributed by atoms with Gasteiger partial charge in [0.05, 0.1) is 34.3 Å². The maximum absolute atomic E-state index is 13.1. The zero-order chi connectivity index (χ0) is 20.5. The lowest BCUT2D eigenvalue weighted by molar-refractivity contribution is 0.0985. The van der Waals surface area contributed by atoms with Crippen LogP contribution in [0.1, 0.15) is 34.3 Å². The molecule has 1 atom stereocenters. The first-order valence-electron chi connectivity index (χ1n) is 9.35. The molecule has 2 aromatic heterocycles. The number of pyridine rings is 1. The van der Waals surface area contributed by atoms with Crippen molar-refractivity contribution in [1.82, 2.24) is 4.98 Å². The summed E-state index contributed by atoms with van der Waals surface area (Å²) in [7, 11) is 0. The summed E-state index contributed by atoms with van der Waals surface area (Å²) in [5.41, 5.74) is 3.64. The Hall–Kier alpha value is -2.54. The second-order valence-electron chi connectivity index (χ2n) is 7.11. The Morgan fingerprint density at radius 3 is 2.72 bits per heavy atom. The minimum atomic E-state index is -0.584. The number of aliphatic hydroxyl groups is 1. The molecular weight excluding hydrogens is 406 g/mol. The van der Waals surface area contributed by atoms with E-state index in [-0.39, 0.29) is 18.0 Å². The van der Waals surface area contributed by atoms with Crippen molar-refractivity contribution in [3.05, 3.63) is 69.8 Å². The van der Waals surface area contributed by atoms with E-state index >= 15 is 0 Å². The van der Waals surface area contributed by atoms with Gasteiger partial charge in [-0.25, -0.2) is 0 Å². The summed E-state index contributed by atoms with van der Waals surface area (Å²) >= 11 is 7.48. The first-order chi connectivity index (χ1) is 13.9. The number of aromatic nitrogens is 1. The summed E-state index contributed by atoms with van der Waals surface area (Å²) in [5.74, 6) is -0.0231. The normalized spacial score (nSPS) is 14.6. The number of thiophene rings is 1. The average molecular weight is 426 g/mol. The Morgan fingerprint density at radius 1 is 1.31 bits per heavy atom. The number of hydrogen-bond donors (Lipinski definition) is 2. The summed E-state index contributed by atoms with van der Waals surface area (Å²) < 4.78 is 0. The largest absolute Gasteiger partial charge is 0.393 e. The number of rotatable bonds is 5. The van der Waals surface area contributed by atoms with Crippen molar-refractivity contribution in [3.8, 4) is 10.4 Å². The van der Waals surface area contributed by atoms with Gasteiger partial charge in [0, 0.05) is 22.9 Å². The van der Waals surface area contributed by atoms with Crippen molar-refractivity contribution in [2.75, 3.05) is 11.4 Å². The van der Waals surface area contributed by atoms with Crippen LogP contribution in [-0.2, 0) is 6.42 Å². The van der Waals surface area contributed by atoms with E-state index < -0.39 is 6.10 Å². The molecule has 7 heteroatoms. The second kappa shape index (κ2) is 8.06. The van der Waals surface area contributed by atoms with Gasteiger partial charge in [0.1, 0.15) is 0 Å². The molecule has 1 aromatic carbocycles. The molecule has 0 bridgehead atoms. The summed E-state index contributed by atoms with van der Waals surface area (Å²) in [5, 5.41) is 18.1. The van der Waals surface area contributed by atoms with Gasteiger partial charge in [0.2, 0.25) is 0 Å². The third-order valence-corrected chi connectivity index (χ3v) is 6.32. The van der Waals surface area contributed by atoms with Crippen LogP contribution in [0, 0.1) is 5.41 Å². The highest BCUT2D eigenvalue weighted by Crippen LogP contribution is 2.36. The van der Waals surface area contributed by atoms with Gasteiger partial charge >= 0.3 is 0 Å². The Balaban J connectivity index is 1.56. The minimum Gasteiger partial charge on any atom is -0.393 e. The van der Waals surface area contributed by atoms with Gasteiger partial charge in [-0.1, -0.05) is 23.7 Å².